The number of carbonyl (C=O) groups is 3. The molecule has 2 aromatic rings. The number of anilines is 1. The van der Waals surface area contributed by atoms with E-state index in [4.69, 9.17) is 21.1 Å². The van der Waals surface area contributed by atoms with Crippen molar-refractivity contribution >= 4 is 34.9 Å². The van der Waals surface area contributed by atoms with Crippen LogP contribution in [0.1, 0.15) is 50.7 Å². The maximum absolute atomic E-state index is 13.8. The first-order chi connectivity index (χ1) is 16.4. The highest BCUT2D eigenvalue weighted by molar-refractivity contribution is 6.30. The number of amides is 1. The SMILES string of the molecule is COC(=O)[C@H](OC1=C(C(C)=O)C(C2CCCCC2)N(c2ccc(Cl)cc2)C1=O)c1ccccc1. The molecule has 1 amide bonds. The van der Waals surface area contributed by atoms with Gasteiger partial charge in [-0.3, -0.25) is 14.5 Å². The minimum atomic E-state index is -1.17. The van der Waals surface area contributed by atoms with Gasteiger partial charge < -0.3 is 9.47 Å². The summed E-state index contributed by atoms with van der Waals surface area (Å²) in [7, 11) is 1.27. The molecule has 4 rings (SSSR count). The third kappa shape index (κ3) is 4.73. The fourth-order valence-corrected chi connectivity index (χ4v) is 5.10. The van der Waals surface area contributed by atoms with Gasteiger partial charge in [-0.25, -0.2) is 4.79 Å². The van der Waals surface area contributed by atoms with Crippen molar-refractivity contribution < 1.29 is 23.9 Å². The molecule has 1 fully saturated rings. The third-order valence-electron chi connectivity index (χ3n) is 6.57. The second-order valence-electron chi connectivity index (χ2n) is 8.73. The van der Waals surface area contributed by atoms with Crippen molar-refractivity contribution in [2.24, 2.45) is 5.92 Å². The molecule has 7 heteroatoms. The highest BCUT2D eigenvalue weighted by atomic mass is 35.5. The zero-order valence-corrected chi connectivity index (χ0v) is 20.1. The summed E-state index contributed by atoms with van der Waals surface area (Å²) in [5.74, 6) is -1.30. The lowest BCUT2D eigenvalue weighted by atomic mass is 9.80. The normalized spacial score (nSPS) is 19.8. The van der Waals surface area contributed by atoms with Crippen LogP contribution in [0.25, 0.3) is 0 Å². The van der Waals surface area contributed by atoms with Gasteiger partial charge in [-0.2, -0.15) is 0 Å². The van der Waals surface area contributed by atoms with Gasteiger partial charge in [0, 0.05) is 16.3 Å². The number of carbonyl (C=O) groups excluding carboxylic acids is 3. The van der Waals surface area contributed by atoms with Crippen LogP contribution in [0.3, 0.4) is 0 Å². The number of ether oxygens (including phenoxy) is 2. The number of esters is 1. The number of halogens is 1. The molecule has 1 aliphatic carbocycles. The number of nitrogens with zero attached hydrogens (tertiary/aromatic N) is 1. The van der Waals surface area contributed by atoms with Gasteiger partial charge in [0.05, 0.1) is 18.7 Å². The summed E-state index contributed by atoms with van der Waals surface area (Å²) < 4.78 is 11.1. The van der Waals surface area contributed by atoms with Crippen LogP contribution in [-0.2, 0) is 23.9 Å². The molecule has 2 aliphatic rings. The predicted octanol–water partition coefficient (Wildman–Crippen LogP) is 5.41. The second kappa shape index (κ2) is 10.4. The molecule has 0 spiro atoms. The molecule has 0 radical (unpaired) electrons. The van der Waals surface area contributed by atoms with Gasteiger partial charge in [0.15, 0.2) is 11.5 Å². The molecule has 0 saturated heterocycles. The summed E-state index contributed by atoms with van der Waals surface area (Å²) in [6, 6.07) is 15.3. The molecule has 0 bridgehead atoms. The number of rotatable bonds is 7. The van der Waals surface area contributed by atoms with Crippen molar-refractivity contribution in [3.63, 3.8) is 0 Å². The van der Waals surface area contributed by atoms with Crippen LogP contribution in [0.5, 0.6) is 0 Å². The third-order valence-corrected chi connectivity index (χ3v) is 6.82. The summed E-state index contributed by atoms with van der Waals surface area (Å²) in [5.41, 5.74) is 1.49. The first kappa shape index (κ1) is 24.0. The summed E-state index contributed by atoms with van der Waals surface area (Å²) in [6.45, 7) is 1.45. The van der Waals surface area contributed by atoms with Gasteiger partial charge in [-0.05, 0) is 49.9 Å². The summed E-state index contributed by atoms with van der Waals surface area (Å²) in [5, 5.41) is 0.552. The molecular formula is C27H28ClNO5. The zero-order chi connectivity index (χ0) is 24.2. The molecular weight excluding hydrogens is 454 g/mol. The van der Waals surface area contributed by atoms with E-state index in [2.05, 4.69) is 0 Å². The minimum Gasteiger partial charge on any atom is -0.468 e. The highest BCUT2D eigenvalue weighted by Gasteiger charge is 2.48. The average molecular weight is 482 g/mol. The van der Waals surface area contributed by atoms with E-state index in [0.717, 1.165) is 32.1 Å². The molecule has 1 unspecified atom stereocenters. The van der Waals surface area contributed by atoms with Gasteiger partial charge >= 0.3 is 5.97 Å². The van der Waals surface area contributed by atoms with E-state index in [1.807, 2.05) is 6.07 Å². The number of methoxy groups -OCH3 is 1. The van der Waals surface area contributed by atoms with Crippen LogP contribution in [0.4, 0.5) is 5.69 Å². The molecule has 0 aromatic heterocycles. The molecule has 34 heavy (non-hydrogen) atoms. The van der Waals surface area contributed by atoms with Crippen molar-refractivity contribution in [3.8, 4) is 0 Å². The molecule has 178 valence electrons. The Bertz CT molecular complexity index is 1090. The molecule has 1 saturated carbocycles. The van der Waals surface area contributed by atoms with Crippen molar-refractivity contribution in [1.82, 2.24) is 0 Å². The van der Waals surface area contributed by atoms with Crippen molar-refractivity contribution in [2.75, 3.05) is 12.0 Å². The van der Waals surface area contributed by atoms with Gasteiger partial charge in [0.25, 0.3) is 5.91 Å². The number of Topliss-reactive ketones (excluding diaryl/α,β-unsaturated/α-hetero) is 1. The van der Waals surface area contributed by atoms with E-state index in [9.17, 15) is 14.4 Å². The standard InChI is InChI=1S/C27H28ClNO5/c1-17(30)22-23(18-9-5-3-6-10-18)29(21-15-13-20(28)14-16-21)26(31)25(22)34-24(27(32)33-2)19-11-7-4-8-12-19/h4,7-8,11-16,18,23-24H,3,5-6,9-10H2,1-2H3/t23?,24-/m1/s1. The Hall–Kier alpha value is -3.12. The predicted molar refractivity (Wildman–Crippen MR) is 129 cm³/mol. The lowest BCUT2D eigenvalue weighted by molar-refractivity contribution is -0.152. The number of ketones is 1. The highest BCUT2D eigenvalue weighted by Crippen LogP contribution is 2.42. The lowest BCUT2D eigenvalue weighted by Gasteiger charge is -2.35. The van der Waals surface area contributed by atoms with E-state index in [1.165, 1.54) is 14.0 Å². The Kier molecular flexibility index (Phi) is 7.37. The molecule has 2 atom stereocenters. The Morgan fingerprint density at radius 3 is 2.24 bits per heavy atom. The number of hydrogen-bond donors (Lipinski definition) is 0. The molecule has 0 N–H and O–H groups in total. The van der Waals surface area contributed by atoms with E-state index >= 15 is 0 Å². The van der Waals surface area contributed by atoms with Gasteiger partial charge in [0.1, 0.15) is 0 Å². The van der Waals surface area contributed by atoms with Crippen molar-refractivity contribution in [1.29, 1.82) is 0 Å². The first-order valence-electron chi connectivity index (χ1n) is 11.6. The largest absolute Gasteiger partial charge is 0.468 e. The molecule has 6 nitrogen and oxygen atoms in total. The summed E-state index contributed by atoms with van der Waals surface area (Å²) in [4.78, 5) is 41.1. The zero-order valence-electron chi connectivity index (χ0n) is 19.3. The maximum atomic E-state index is 13.8. The Labute approximate surface area is 204 Å². The van der Waals surface area contributed by atoms with E-state index < -0.39 is 24.0 Å². The number of benzene rings is 2. The quantitative estimate of drug-likeness (QED) is 0.494. The molecule has 1 aliphatic heterocycles. The molecule has 2 aromatic carbocycles. The Balaban J connectivity index is 1.81. The smallest absolute Gasteiger partial charge is 0.351 e. The van der Waals surface area contributed by atoms with E-state index in [0.29, 0.717) is 21.8 Å². The fraction of sp³-hybridized carbons (Fsp3) is 0.370. The van der Waals surface area contributed by atoms with E-state index in [-0.39, 0.29) is 17.5 Å². The molecule has 1 heterocycles. The Morgan fingerprint density at radius 2 is 1.65 bits per heavy atom. The summed E-state index contributed by atoms with van der Waals surface area (Å²) >= 11 is 6.09. The van der Waals surface area contributed by atoms with Gasteiger partial charge in [-0.15, -0.1) is 0 Å². The van der Waals surface area contributed by atoms with Crippen molar-refractivity contribution in [2.45, 2.75) is 51.2 Å². The van der Waals surface area contributed by atoms with Gasteiger partial charge in [-0.1, -0.05) is 61.2 Å². The van der Waals surface area contributed by atoms with Gasteiger partial charge in [0.2, 0.25) is 6.10 Å². The van der Waals surface area contributed by atoms with Crippen LogP contribution >= 0.6 is 11.6 Å². The van der Waals surface area contributed by atoms with Crippen LogP contribution in [0.2, 0.25) is 5.02 Å². The number of hydrogen-bond acceptors (Lipinski definition) is 5. The van der Waals surface area contributed by atoms with Crippen LogP contribution in [-0.4, -0.2) is 30.8 Å². The Morgan fingerprint density at radius 1 is 1.00 bits per heavy atom. The van der Waals surface area contributed by atoms with Crippen LogP contribution in [0.15, 0.2) is 65.9 Å². The summed E-state index contributed by atoms with van der Waals surface area (Å²) in [6.07, 6.45) is 3.87. The first-order valence-corrected chi connectivity index (χ1v) is 11.9. The topological polar surface area (TPSA) is 72.9 Å². The maximum Gasteiger partial charge on any atom is 0.351 e. The fourth-order valence-electron chi connectivity index (χ4n) is 4.98. The van der Waals surface area contributed by atoms with Crippen LogP contribution in [0, 0.1) is 5.92 Å². The van der Waals surface area contributed by atoms with E-state index in [1.54, 1.807) is 53.4 Å². The van der Waals surface area contributed by atoms with Crippen LogP contribution < -0.4 is 4.90 Å². The lowest BCUT2D eigenvalue weighted by Crippen LogP contribution is -2.42. The monoisotopic (exact) mass is 481 g/mol. The second-order valence-corrected chi connectivity index (χ2v) is 9.16. The average Bonchev–Trinajstić information content (AvgIpc) is 3.15. The van der Waals surface area contributed by atoms with Crippen molar-refractivity contribution in [3.05, 3.63) is 76.5 Å². The minimum absolute atomic E-state index is 0.0859.